The molecule has 1 aliphatic heterocycles. The number of aliphatic carboxylic acids is 1. The minimum atomic E-state index is -1.01. The number of hydrogen-bond acceptors (Lipinski definition) is 4. The Hall–Kier alpha value is -2.41. The molecule has 2 aromatic carbocycles. The van der Waals surface area contributed by atoms with E-state index in [-0.39, 0.29) is 28.9 Å². The number of rotatable bonds is 7. The van der Waals surface area contributed by atoms with Crippen molar-refractivity contribution in [3.05, 3.63) is 65.7 Å². The highest BCUT2D eigenvalue weighted by atomic mass is 35.5. The van der Waals surface area contributed by atoms with Crippen LogP contribution in [0.2, 0.25) is 0 Å². The van der Waals surface area contributed by atoms with Crippen molar-refractivity contribution in [3.8, 4) is 5.75 Å². The van der Waals surface area contributed by atoms with Gasteiger partial charge >= 0.3 is 11.9 Å². The summed E-state index contributed by atoms with van der Waals surface area (Å²) in [7, 11) is 0. The van der Waals surface area contributed by atoms with Crippen molar-refractivity contribution in [2.45, 2.75) is 32.4 Å². The van der Waals surface area contributed by atoms with E-state index in [0.29, 0.717) is 25.4 Å². The van der Waals surface area contributed by atoms with Gasteiger partial charge < -0.3 is 9.84 Å². The van der Waals surface area contributed by atoms with Crippen LogP contribution in [0, 0.1) is 6.92 Å². The molecule has 0 aromatic heterocycles. The minimum Gasteiger partial charge on any atom is -0.478 e. The normalized spacial score (nSPS) is 23.0. The second-order valence-corrected chi connectivity index (χ2v) is 8.52. The molecule has 1 heterocycles. The minimum absolute atomic E-state index is 0.0389. The average molecular weight is 432 g/mol. The van der Waals surface area contributed by atoms with Crippen molar-refractivity contribution in [2.75, 3.05) is 26.2 Å². The lowest BCUT2D eigenvalue weighted by atomic mass is 10.1. The predicted molar refractivity (Wildman–Crippen MR) is 115 cm³/mol. The second kappa shape index (κ2) is 9.60. The number of nitrogens with zero attached hydrogens (tertiary/aromatic N) is 2. The summed E-state index contributed by atoms with van der Waals surface area (Å²) in [5.74, 6) is -0.534. The molecule has 1 aliphatic rings. The van der Waals surface area contributed by atoms with Crippen LogP contribution in [-0.2, 0) is 16.0 Å². The van der Waals surface area contributed by atoms with Crippen molar-refractivity contribution in [1.29, 1.82) is 0 Å². The zero-order valence-electron chi connectivity index (χ0n) is 17.3. The maximum absolute atomic E-state index is 13.0. The van der Waals surface area contributed by atoms with Crippen molar-refractivity contribution in [2.24, 2.45) is 0 Å². The summed E-state index contributed by atoms with van der Waals surface area (Å²) in [6.07, 6.45) is -0.707. The summed E-state index contributed by atoms with van der Waals surface area (Å²) >= 11 is 6.77. The molecule has 0 radical (unpaired) electrons. The van der Waals surface area contributed by atoms with Crippen molar-refractivity contribution >= 4 is 23.7 Å². The Morgan fingerprint density at radius 1 is 1.20 bits per heavy atom. The molecule has 3 rings (SSSR count). The van der Waals surface area contributed by atoms with Crippen molar-refractivity contribution in [3.63, 3.8) is 0 Å². The van der Waals surface area contributed by atoms with Gasteiger partial charge in [-0.05, 0) is 31.5 Å². The van der Waals surface area contributed by atoms with E-state index in [1.165, 1.54) is 0 Å². The van der Waals surface area contributed by atoms with E-state index in [9.17, 15) is 14.7 Å². The van der Waals surface area contributed by atoms with Gasteiger partial charge in [-0.1, -0.05) is 48.0 Å². The molecule has 6 nitrogen and oxygen atoms in total. The lowest BCUT2D eigenvalue weighted by Gasteiger charge is -2.41. The monoisotopic (exact) mass is 431 g/mol. The molecule has 1 saturated heterocycles. The number of amides is 1. The standard InChI is InChI=1S/C23H27ClN2O4/c1-17-8-10-19(11-9-17)14-22(27)26(24)13-12-25(15-18(26)2)16-21(23(28)29)30-20-6-4-3-5-7-20/h3-11,18,21H,12-16H2,1-2H3/p+1/t18-,21?,26?/m0/s1. The molecule has 160 valence electrons. The Balaban J connectivity index is 1.60. The SMILES string of the molecule is Cc1ccc(CC(=O)[N+]2(Cl)CCN(CC(Oc3ccccc3)C(=O)O)C[C@@H]2C)cc1. The third-order valence-electron chi connectivity index (χ3n) is 5.57. The molecule has 30 heavy (non-hydrogen) atoms. The molecular weight excluding hydrogens is 404 g/mol. The number of ether oxygens (including phenoxy) is 1. The zero-order chi connectivity index (χ0) is 21.7. The third kappa shape index (κ3) is 5.39. The number of carbonyl (C=O) groups is 2. The van der Waals surface area contributed by atoms with E-state index < -0.39 is 12.1 Å². The molecule has 0 spiro atoms. The Kier molecular flexibility index (Phi) is 7.13. The summed E-state index contributed by atoms with van der Waals surface area (Å²) < 4.78 is 5.49. The van der Waals surface area contributed by atoms with E-state index >= 15 is 0 Å². The number of benzene rings is 2. The van der Waals surface area contributed by atoms with Gasteiger partial charge in [0, 0.05) is 6.54 Å². The molecule has 2 unspecified atom stereocenters. The second-order valence-electron chi connectivity index (χ2n) is 7.92. The molecule has 3 atom stereocenters. The number of hydrogen-bond donors (Lipinski definition) is 1. The predicted octanol–water partition coefficient (Wildman–Crippen LogP) is 3.27. The molecule has 1 amide bonds. The molecule has 1 fully saturated rings. The molecule has 7 heteroatoms. The quantitative estimate of drug-likeness (QED) is 0.681. The number of quaternary nitrogens is 1. The van der Waals surface area contributed by atoms with Gasteiger partial charge in [0.1, 0.15) is 18.3 Å². The topological polar surface area (TPSA) is 66.8 Å². The van der Waals surface area contributed by atoms with E-state index in [0.717, 1.165) is 11.1 Å². The molecule has 2 aromatic rings. The molecule has 0 bridgehead atoms. The summed E-state index contributed by atoms with van der Waals surface area (Å²) in [6, 6.07) is 16.6. The van der Waals surface area contributed by atoms with Crippen molar-refractivity contribution < 1.29 is 23.4 Å². The number of carboxylic acids is 1. The number of piperazine rings is 1. The van der Waals surface area contributed by atoms with Crippen LogP contribution in [0.25, 0.3) is 0 Å². The highest BCUT2D eigenvalue weighted by Gasteiger charge is 2.46. The van der Waals surface area contributed by atoms with Gasteiger partial charge in [-0.2, -0.15) is 4.00 Å². The average Bonchev–Trinajstić information content (AvgIpc) is 2.72. The van der Waals surface area contributed by atoms with Gasteiger partial charge in [0.2, 0.25) is 6.10 Å². The van der Waals surface area contributed by atoms with Crippen LogP contribution in [0.4, 0.5) is 0 Å². The Morgan fingerprint density at radius 3 is 2.47 bits per heavy atom. The molecule has 0 aliphatic carbocycles. The summed E-state index contributed by atoms with van der Waals surface area (Å²) in [6.45, 7) is 5.64. The van der Waals surface area contributed by atoms with Crippen LogP contribution in [0.15, 0.2) is 54.6 Å². The fourth-order valence-electron chi connectivity index (χ4n) is 3.71. The van der Waals surface area contributed by atoms with Gasteiger partial charge in [0.15, 0.2) is 11.8 Å². The third-order valence-corrected chi connectivity index (χ3v) is 6.27. The van der Waals surface area contributed by atoms with Crippen LogP contribution in [0.3, 0.4) is 0 Å². The van der Waals surface area contributed by atoms with Crippen LogP contribution in [-0.4, -0.2) is 64.2 Å². The molecule has 0 saturated carbocycles. The first-order valence-corrected chi connectivity index (χ1v) is 10.4. The fourth-order valence-corrected chi connectivity index (χ4v) is 3.91. The van der Waals surface area contributed by atoms with Gasteiger partial charge in [0.05, 0.1) is 19.5 Å². The lowest BCUT2D eigenvalue weighted by Crippen LogP contribution is -2.63. The largest absolute Gasteiger partial charge is 0.478 e. The highest BCUT2D eigenvalue weighted by Crippen LogP contribution is 2.26. The fraction of sp³-hybridized carbons (Fsp3) is 0.391. The Bertz CT molecular complexity index is 875. The summed E-state index contributed by atoms with van der Waals surface area (Å²) in [4.78, 5) is 26.7. The smallest absolute Gasteiger partial charge is 0.346 e. The molecule has 1 N–H and O–H groups in total. The van der Waals surface area contributed by atoms with Gasteiger partial charge in [0.25, 0.3) is 0 Å². The summed E-state index contributed by atoms with van der Waals surface area (Å²) in [5.41, 5.74) is 2.09. The number of aryl methyl sites for hydroxylation is 1. The van der Waals surface area contributed by atoms with Gasteiger partial charge in [-0.15, -0.1) is 0 Å². The van der Waals surface area contributed by atoms with Gasteiger partial charge in [-0.25, -0.2) is 9.59 Å². The van der Waals surface area contributed by atoms with Gasteiger partial charge in [-0.3, -0.25) is 4.90 Å². The molecular formula is C23H28ClN2O4+. The first kappa shape index (κ1) is 22.3. The maximum Gasteiger partial charge on any atom is 0.346 e. The highest BCUT2D eigenvalue weighted by molar-refractivity contribution is 6.12. The first-order chi connectivity index (χ1) is 14.3. The van der Waals surface area contributed by atoms with E-state index in [1.807, 2.05) is 49.1 Å². The van der Waals surface area contributed by atoms with Crippen LogP contribution >= 0.6 is 11.8 Å². The number of halogens is 1. The number of carbonyl (C=O) groups excluding carboxylic acids is 1. The number of carboxylic acid groups (broad SMARTS) is 1. The van der Waals surface area contributed by atoms with Crippen LogP contribution in [0.1, 0.15) is 18.1 Å². The van der Waals surface area contributed by atoms with E-state index in [1.54, 1.807) is 24.3 Å². The maximum atomic E-state index is 13.0. The lowest BCUT2D eigenvalue weighted by molar-refractivity contribution is -0.770. The van der Waals surface area contributed by atoms with E-state index in [2.05, 4.69) is 0 Å². The Labute approximate surface area is 182 Å². The zero-order valence-corrected chi connectivity index (χ0v) is 18.1. The number of para-hydroxylation sites is 1. The summed E-state index contributed by atoms with van der Waals surface area (Å²) in [5, 5.41) is 9.57. The van der Waals surface area contributed by atoms with E-state index in [4.69, 9.17) is 16.5 Å². The van der Waals surface area contributed by atoms with Crippen molar-refractivity contribution in [1.82, 2.24) is 4.90 Å². The van der Waals surface area contributed by atoms with Crippen LogP contribution in [0.5, 0.6) is 5.75 Å². The van der Waals surface area contributed by atoms with Crippen LogP contribution < -0.4 is 4.74 Å². The Morgan fingerprint density at radius 2 is 1.87 bits per heavy atom. The first-order valence-electron chi connectivity index (χ1n) is 10.1.